The number of oxazole rings is 1. The minimum atomic E-state index is 0.535. The zero-order chi connectivity index (χ0) is 12.7. The molecule has 0 atom stereocenters. The van der Waals surface area contributed by atoms with Crippen molar-refractivity contribution in [3.05, 3.63) is 68.0 Å². The maximum Gasteiger partial charge on any atom is 0.182 e. The van der Waals surface area contributed by atoms with Crippen LogP contribution >= 0.6 is 0 Å². The summed E-state index contributed by atoms with van der Waals surface area (Å²) >= 11 is 0. The first-order valence-electron chi connectivity index (χ1n) is 4.97. The fourth-order valence-electron chi connectivity index (χ4n) is 1.32. The molecular formula is C14H14N2O. The van der Waals surface area contributed by atoms with Crippen molar-refractivity contribution in [1.29, 1.82) is 0 Å². The lowest BCUT2D eigenvalue weighted by Gasteiger charge is -2.01. The highest BCUT2D eigenvalue weighted by Gasteiger charge is 2.13. The van der Waals surface area contributed by atoms with Crippen molar-refractivity contribution in [3.8, 4) is 0 Å². The topological polar surface area (TPSA) is 38.4 Å². The van der Waals surface area contributed by atoms with Crippen molar-refractivity contribution in [3.63, 3.8) is 0 Å². The Hall–Kier alpha value is -2.42. The van der Waals surface area contributed by atoms with Gasteiger partial charge in [-0.1, -0.05) is 44.0 Å². The molecule has 0 saturated carbocycles. The van der Waals surface area contributed by atoms with Crippen LogP contribution < -0.4 is 0 Å². The van der Waals surface area contributed by atoms with Gasteiger partial charge in [0, 0.05) is 5.57 Å². The lowest BCUT2D eigenvalue weighted by Crippen LogP contribution is -1.88. The highest BCUT2D eigenvalue weighted by molar-refractivity contribution is 5.80. The molecule has 0 bridgehead atoms. The van der Waals surface area contributed by atoms with Crippen molar-refractivity contribution in [1.82, 2.24) is 4.98 Å². The third-order valence-corrected chi connectivity index (χ3v) is 2.04. The molecule has 0 aliphatic heterocycles. The molecule has 0 aromatic carbocycles. The molecule has 3 nitrogen and oxygen atoms in total. The van der Waals surface area contributed by atoms with Crippen molar-refractivity contribution < 1.29 is 4.42 Å². The summed E-state index contributed by atoms with van der Waals surface area (Å²) in [5, 5.41) is 0. The Labute approximate surface area is 101 Å². The van der Waals surface area contributed by atoms with Gasteiger partial charge in [0.05, 0.1) is 0 Å². The zero-order valence-corrected chi connectivity index (χ0v) is 9.60. The molecule has 1 aromatic heterocycles. The number of nitrogens with zero attached hydrogens (tertiary/aromatic N) is 2. The first-order chi connectivity index (χ1) is 8.28. The number of allylic oxidation sites excluding steroid dienone is 6. The summed E-state index contributed by atoms with van der Waals surface area (Å²) in [4.78, 5) is 8.02. The molecule has 0 spiro atoms. The van der Waals surface area contributed by atoms with Gasteiger partial charge in [-0.05, 0) is 12.8 Å². The van der Waals surface area contributed by atoms with Gasteiger partial charge in [-0.2, -0.15) is 0 Å². The zero-order valence-electron chi connectivity index (χ0n) is 9.60. The number of hydrogen-bond donors (Lipinski definition) is 0. The third kappa shape index (κ3) is 2.78. The molecular weight excluding hydrogens is 212 g/mol. The standard InChI is InChI=1S/C14H14N2O/c1-5-8-11(7-3)13-14(17-10-16-13)12(15-4)9-6-2/h5-10H,1-4H2/b11-8+,12-9-. The van der Waals surface area contributed by atoms with Gasteiger partial charge in [-0.15, -0.1) is 0 Å². The average Bonchev–Trinajstić information content (AvgIpc) is 2.81. The molecule has 0 N–H and O–H groups in total. The van der Waals surface area contributed by atoms with Crippen LogP contribution in [-0.2, 0) is 0 Å². The van der Waals surface area contributed by atoms with E-state index in [1.807, 2.05) is 0 Å². The van der Waals surface area contributed by atoms with Gasteiger partial charge in [0.2, 0.25) is 0 Å². The maximum absolute atomic E-state index is 5.32. The fourth-order valence-corrected chi connectivity index (χ4v) is 1.32. The molecule has 0 unspecified atom stereocenters. The lowest BCUT2D eigenvalue weighted by molar-refractivity contribution is 0.543. The minimum Gasteiger partial charge on any atom is -0.441 e. The van der Waals surface area contributed by atoms with Crippen LogP contribution in [0.15, 0.2) is 65.9 Å². The monoisotopic (exact) mass is 226 g/mol. The molecule has 0 saturated heterocycles. The van der Waals surface area contributed by atoms with Gasteiger partial charge >= 0.3 is 0 Å². The molecule has 1 heterocycles. The van der Waals surface area contributed by atoms with E-state index in [-0.39, 0.29) is 0 Å². The number of aromatic nitrogens is 1. The molecule has 0 radical (unpaired) electrons. The lowest BCUT2D eigenvalue weighted by atomic mass is 10.1. The van der Waals surface area contributed by atoms with Crippen molar-refractivity contribution in [2.75, 3.05) is 0 Å². The van der Waals surface area contributed by atoms with E-state index < -0.39 is 0 Å². The van der Waals surface area contributed by atoms with Crippen molar-refractivity contribution in [2.45, 2.75) is 0 Å². The predicted molar refractivity (Wildman–Crippen MR) is 72.6 cm³/mol. The maximum atomic E-state index is 5.32. The van der Waals surface area contributed by atoms with Crippen LogP contribution in [0.1, 0.15) is 11.5 Å². The van der Waals surface area contributed by atoms with Crippen LogP contribution in [0.2, 0.25) is 0 Å². The second-order valence-electron chi connectivity index (χ2n) is 3.04. The summed E-state index contributed by atoms with van der Waals surface area (Å²) in [6.45, 7) is 14.5. The summed E-state index contributed by atoms with van der Waals surface area (Å²) in [5.74, 6) is 0.535. The fraction of sp³-hybridized carbons (Fsp3) is 0. The summed E-state index contributed by atoms with van der Waals surface area (Å²) < 4.78 is 5.32. The normalized spacial score (nSPS) is 12.0. The average molecular weight is 226 g/mol. The Balaban J connectivity index is 3.34. The smallest absolute Gasteiger partial charge is 0.182 e. The Morgan fingerprint density at radius 3 is 2.47 bits per heavy atom. The van der Waals surface area contributed by atoms with Crippen molar-refractivity contribution in [2.24, 2.45) is 4.99 Å². The number of rotatable bonds is 6. The minimum absolute atomic E-state index is 0.535. The second kappa shape index (κ2) is 6.23. The van der Waals surface area contributed by atoms with E-state index in [2.05, 4.69) is 36.4 Å². The van der Waals surface area contributed by atoms with Crippen LogP contribution in [0.5, 0.6) is 0 Å². The molecule has 3 heteroatoms. The first kappa shape index (κ1) is 12.6. The largest absolute Gasteiger partial charge is 0.441 e. The van der Waals surface area contributed by atoms with E-state index in [0.29, 0.717) is 17.2 Å². The van der Waals surface area contributed by atoms with E-state index in [4.69, 9.17) is 4.42 Å². The van der Waals surface area contributed by atoms with E-state index in [1.165, 1.54) is 6.39 Å². The molecule has 1 rings (SSSR count). The van der Waals surface area contributed by atoms with Gasteiger partial charge in [0.1, 0.15) is 11.4 Å². The van der Waals surface area contributed by atoms with Crippen LogP contribution in [0.4, 0.5) is 0 Å². The van der Waals surface area contributed by atoms with Crippen LogP contribution in [0, 0.1) is 0 Å². The summed E-state index contributed by atoms with van der Waals surface area (Å²) in [7, 11) is 0. The summed E-state index contributed by atoms with van der Waals surface area (Å²) in [6, 6.07) is 0. The van der Waals surface area contributed by atoms with E-state index >= 15 is 0 Å². The molecule has 0 amide bonds. The quantitative estimate of drug-likeness (QED) is 0.548. The van der Waals surface area contributed by atoms with Crippen LogP contribution in [0.25, 0.3) is 11.3 Å². The molecule has 0 aliphatic carbocycles. The van der Waals surface area contributed by atoms with Gasteiger partial charge in [0.25, 0.3) is 0 Å². The highest BCUT2D eigenvalue weighted by atomic mass is 16.3. The van der Waals surface area contributed by atoms with E-state index in [1.54, 1.807) is 30.4 Å². The van der Waals surface area contributed by atoms with Crippen molar-refractivity contribution >= 4 is 18.0 Å². The van der Waals surface area contributed by atoms with E-state index in [0.717, 1.165) is 5.57 Å². The van der Waals surface area contributed by atoms with Gasteiger partial charge < -0.3 is 4.42 Å². The Morgan fingerprint density at radius 2 is 1.94 bits per heavy atom. The number of hydrogen-bond acceptors (Lipinski definition) is 3. The second-order valence-corrected chi connectivity index (χ2v) is 3.04. The molecule has 86 valence electrons. The van der Waals surface area contributed by atoms with Crippen LogP contribution in [-0.4, -0.2) is 11.7 Å². The highest BCUT2D eigenvalue weighted by Crippen LogP contribution is 2.25. The SMILES string of the molecule is C=C/C=C(\N=C)c1ocnc1/C(C=C)=C/C=C. The molecule has 1 aromatic rings. The predicted octanol–water partition coefficient (Wildman–Crippen LogP) is 3.66. The summed E-state index contributed by atoms with van der Waals surface area (Å²) in [5.41, 5.74) is 2.03. The summed E-state index contributed by atoms with van der Waals surface area (Å²) in [6.07, 6.45) is 9.80. The number of aliphatic imine (C=N–C) groups is 1. The first-order valence-corrected chi connectivity index (χ1v) is 4.97. The third-order valence-electron chi connectivity index (χ3n) is 2.04. The Morgan fingerprint density at radius 1 is 1.24 bits per heavy atom. The molecule has 0 fully saturated rings. The molecule has 17 heavy (non-hydrogen) atoms. The molecule has 0 aliphatic rings. The Kier molecular flexibility index (Phi) is 4.63. The van der Waals surface area contributed by atoms with E-state index in [9.17, 15) is 0 Å². The van der Waals surface area contributed by atoms with Gasteiger partial charge in [0.15, 0.2) is 12.2 Å². The Bertz CT molecular complexity index is 460. The van der Waals surface area contributed by atoms with Gasteiger partial charge in [-0.25, -0.2) is 4.98 Å². The van der Waals surface area contributed by atoms with Gasteiger partial charge in [-0.3, -0.25) is 4.99 Å². The van der Waals surface area contributed by atoms with Crippen LogP contribution in [0.3, 0.4) is 0 Å².